The number of carboxylic acid groups (broad SMARTS) is 2. The van der Waals surface area contributed by atoms with Crippen LogP contribution in [-0.2, 0) is 0 Å². The maximum atomic E-state index is 14.0. The summed E-state index contributed by atoms with van der Waals surface area (Å²) in [6.45, 7) is 0. The number of halogens is 2. The highest BCUT2D eigenvalue weighted by atomic mass is 19.1. The van der Waals surface area contributed by atoms with Crippen molar-refractivity contribution in [2.45, 2.75) is 0 Å². The third kappa shape index (κ3) is 5.96. The molecule has 6 nitrogen and oxygen atoms in total. The lowest BCUT2D eigenvalue weighted by Gasteiger charge is -2.07. The van der Waals surface area contributed by atoms with Crippen molar-refractivity contribution < 1.29 is 38.2 Å². The van der Waals surface area contributed by atoms with Gasteiger partial charge in [-0.2, -0.15) is 0 Å². The second-order valence-electron chi connectivity index (χ2n) is 9.72. The first-order valence-electron chi connectivity index (χ1n) is 13.3. The second-order valence-corrected chi connectivity index (χ2v) is 9.72. The number of fused-ring (bicyclic) bond motifs is 2. The summed E-state index contributed by atoms with van der Waals surface area (Å²) < 4.78 is 27.7. The van der Waals surface area contributed by atoms with Gasteiger partial charge in [0.15, 0.2) is 11.6 Å². The minimum absolute atomic E-state index is 0.150. The second kappa shape index (κ2) is 12.5. The van der Waals surface area contributed by atoms with E-state index >= 15 is 0 Å². The van der Waals surface area contributed by atoms with Crippen LogP contribution in [0.5, 0.6) is 0 Å². The zero-order chi connectivity index (χ0) is 31.4. The van der Waals surface area contributed by atoms with E-state index in [1.165, 1.54) is 24.3 Å². The van der Waals surface area contributed by atoms with Crippen molar-refractivity contribution in [1.29, 1.82) is 0 Å². The van der Waals surface area contributed by atoms with Crippen molar-refractivity contribution in [1.82, 2.24) is 0 Å². The summed E-state index contributed by atoms with van der Waals surface area (Å²) in [4.78, 5) is 47.5. The van der Waals surface area contributed by atoms with E-state index in [0.29, 0.717) is 5.56 Å². The van der Waals surface area contributed by atoms with Gasteiger partial charge in [-0.05, 0) is 57.9 Å². The van der Waals surface area contributed by atoms with Crippen LogP contribution in [0.4, 0.5) is 8.78 Å². The monoisotopic (exact) mass is 588 g/mol. The number of aromatic carboxylic acids is 2. The van der Waals surface area contributed by atoms with E-state index in [1.54, 1.807) is 36.4 Å². The van der Waals surface area contributed by atoms with Gasteiger partial charge in [0.1, 0.15) is 17.2 Å². The molecule has 0 spiro atoms. The van der Waals surface area contributed by atoms with E-state index in [-0.39, 0.29) is 16.7 Å². The third-order valence-electron chi connectivity index (χ3n) is 6.97. The highest BCUT2D eigenvalue weighted by Crippen LogP contribution is 2.23. The molecule has 0 bridgehead atoms. The van der Waals surface area contributed by atoms with Crippen LogP contribution in [0.15, 0.2) is 121 Å². The lowest BCUT2D eigenvalue weighted by Crippen LogP contribution is -2.12. The molecule has 2 N–H and O–H groups in total. The predicted octanol–water partition coefficient (Wildman–Crippen LogP) is 7.82. The smallest absolute Gasteiger partial charge is 0.339 e. The van der Waals surface area contributed by atoms with Crippen LogP contribution in [0.3, 0.4) is 0 Å². The van der Waals surface area contributed by atoms with E-state index in [2.05, 4.69) is 0 Å². The molecule has 6 aromatic rings. The van der Waals surface area contributed by atoms with E-state index in [9.17, 15) is 28.0 Å². The molecule has 0 aliphatic carbocycles. The molecule has 0 radical (unpaired) electrons. The van der Waals surface area contributed by atoms with Crippen molar-refractivity contribution in [3.05, 3.63) is 166 Å². The van der Waals surface area contributed by atoms with Gasteiger partial charge >= 0.3 is 11.9 Å². The number of rotatable bonds is 6. The van der Waals surface area contributed by atoms with Gasteiger partial charge in [0.2, 0.25) is 0 Å². The van der Waals surface area contributed by atoms with E-state index in [4.69, 9.17) is 10.2 Å². The molecular weight excluding hydrogens is 566 g/mol. The Hall–Kier alpha value is -6.02. The Bertz CT molecular complexity index is 2100. The van der Waals surface area contributed by atoms with Gasteiger partial charge in [0.25, 0.3) is 0 Å². The van der Waals surface area contributed by atoms with Crippen molar-refractivity contribution in [2.75, 3.05) is 0 Å². The number of carbonyl (C=O) groups is 4. The Labute approximate surface area is 249 Å². The summed E-state index contributed by atoms with van der Waals surface area (Å²) in [6.07, 6.45) is 0. The third-order valence-corrected chi connectivity index (χ3v) is 6.97. The molecule has 0 aromatic heterocycles. The van der Waals surface area contributed by atoms with Gasteiger partial charge in [-0.1, -0.05) is 84.9 Å². The van der Waals surface area contributed by atoms with E-state index in [0.717, 1.165) is 33.7 Å². The first-order valence-corrected chi connectivity index (χ1v) is 13.3. The molecular formula is C36H22F2O6. The molecule has 0 saturated heterocycles. The molecule has 8 heteroatoms. The van der Waals surface area contributed by atoms with Crippen molar-refractivity contribution in [3.63, 3.8) is 0 Å². The predicted molar refractivity (Wildman–Crippen MR) is 161 cm³/mol. The number of ketones is 2. The molecule has 0 atom stereocenters. The number of carboxylic acids is 2. The average Bonchev–Trinajstić information content (AvgIpc) is 3.03. The quantitative estimate of drug-likeness (QED) is 0.192. The Balaban J connectivity index is 0.000000175. The SMILES string of the molecule is O=C(O)c1cccc(F)c1C(=O)c1ccc2ccccc2c1.O=C(c1ccc2ccccc2c1)c1cccc(F)c1C(=O)O. The van der Waals surface area contributed by atoms with Crippen LogP contribution in [0.1, 0.15) is 52.6 Å². The first-order chi connectivity index (χ1) is 21.2. The molecule has 0 unspecified atom stereocenters. The van der Waals surface area contributed by atoms with Crippen molar-refractivity contribution in [2.24, 2.45) is 0 Å². The molecule has 0 aliphatic heterocycles. The normalized spacial score (nSPS) is 10.6. The first kappa shape index (κ1) is 29.5. The maximum Gasteiger partial charge on any atom is 0.339 e. The number of benzene rings is 6. The summed E-state index contributed by atoms with van der Waals surface area (Å²) in [7, 11) is 0. The summed E-state index contributed by atoms with van der Waals surface area (Å²) in [5.74, 6) is -5.69. The minimum Gasteiger partial charge on any atom is -0.478 e. The average molecular weight is 589 g/mol. The number of hydrogen-bond donors (Lipinski definition) is 2. The molecule has 6 rings (SSSR count). The van der Waals surface area contributed by atoms with Gasteiger partial charge in [-0.25, -0.2) is 18.4 Å². The molecule has 0 aliphatic rings. The molecule has 44 heavy (non-hydrogen) atoms. The highest BCUT2D eigenvalue weighted by molar-refractivity contribution is 6.16. The number of hydrogen-bond acceptors (Lipinski definition) is 4. The summed E-state index contributed by atoms with van der Waals surface area (Å²) in [5.41, 5.74) is -0.912. The Morgan fingerprint density at radius 3 is 1.39 bits per heavy atom. The summed E-state index contributed by atoms with van der Waals surface area (Å²) in [5, 5.41) is 21.9. The van der Waals surface area contributed by atoms with Gasteiger partial charge in [0.05, 0.1) is 11.1 Å². The zero-order valence-corrected chi connectivity index (χ0v) is 22.8. The zero-order valence-electron chi connectivity index (χ0n) is 22.8. The van der Waals surface area contributed by atoms with Gasteiger partial charge in [0, 0.05) is 16.7 Å². The van der Waals surface area contributed by atoms with E-state index < -0.39 is 46.3 Å². The highest BCUT2D eigenvalue weighted by Gasteiger charge is 2.23. The molecule has 216 valence electrons. The Kier molecular flexibility index (Phi) is 8.35. The molecule has 0 saturated carbocycles. The van der Waals surface area contributed by atoms with Gasteiger partial charge in [-0.15, -0.1) is 0 Å². The Morgan fingerprint density at radius 2 is 0.886 bits per heavy atom. The van der Waals surface area contributed by atoms with Gasteiger partial charge < -0.3 is 10.2 Å². The van der Waals surface area contributed by atoms with Crippen LogP contribution in [0.25, 0.3) is 21.5 Å². The lowest BCUT2D eigenvalue weighted by atomic mass is 9.96. The van der Waals surface area contributed by atoms with Crippen LogP contribution < -0.4 is 0 Å². The van der Waals surface area contributed by atoms with Gasteiger partial charge in [-0.3, -0.25) is 9.59 Å². The topological polar surface area (TPSA) is 109 Å². The molecule has 0 amide bonds. The fraction of sp³-hybridized carbons (Fsp3) is 0. The van der Waals surface area contributed by atoms with Crippen LogP contribution in [0.2, 0.25) is 0 Å². The fourth-order valence-corrected chi connectivity index (χ4v) is 4.82. The molecule has 0 fully saturated rings. The molecule has 6 aromatic carbocycles. The summed E-state index contributed by atoms with van der Waals surface area (Å²) >= 11 is 0. The summed E-state index contributed by atoms with van der Waals surface area (Å²) in [6, 6.07) is 32.2. The standard InChI is InChI=1S/2C18H11FO3/c19-15-7-3-6-14(18(21)22)16(15)17(20)13-9-8-11-4-1-2-5-12(11)10-13;19-15-7-3-6-14(16(15)18(21)22)17(20)13-9-8-11-4-1-2-5-12(11)10-13/h2*1-10H,(H,21,22). The maximum absolute atomic E-state index is 14.0. The van der Waals surface area contributed by atoms with Crippen molar-refractivity contribution in [3.8, 4) is 0 Å². The Morgan fingerprint density at radius 1 is 0.432 bits per heavy atom. The lowest BCUT2D eigenvalue weighted by molar-refractivity contribution is 0.0680. The van der Waals surface area contributed by atoms with Crippen LogP contribution >= 0.6 is 0 Å². The largest absolute Gasteiger partial charge is 0.478 e. The van der Waals surface area contributed by atoms with Crippen LogP contribution in [-0.4, -0.2) is 33.7 Å². The van der Waals surface area contributed by atoms with E-state index in [1.807, 2.05) is 48.5 Å². The minimum atomic E-state index is -1.46. The van der Waals surface area contributed by atoms with Crippen LogP contribution in [0, 0.1) is 11.6 Å². The van der Waals surface area contributed by atoms with Crippen molar-refractivity contribution >= 4 is 45.0 Å². The fourth-order valence-electron chi connectivity index (χ4n) is 4.82. The molecule has 0 heterocycles. The number of carbonyl (C=O) groups excluding carboxylic acids is 2.